The number of aromatic nitrogens is 2. The van der Waals surface area contributed by atoms with Crippen LogP contribution in [0, 0.1) is 5.82 Å². The zero-order valence-corrected chi connectivity index (χ0v) is 14.2. The molecule has 4 rings (SSSR count). The van der Waals surface area contributed by atoms with Gasteiger partial charge < -0.3 is 15.2 Å². The second kappa shape index (κ2) is 6.21. The third-order valence-corrected chi connectivity index (χ3v) is 4.54. The Bertz CT molecular complexity index is 973. The van der Waals surface area contributed by atoms with Gasteiger partial charge in [0.05, 0.1) is 5.02 Å². The van der Waals surface area contributed by atoms with E-state index in [1.165, 1.54) is 24.4 Å². The molecule has 3 heterocycles. The molecule has 8 heteroatoms. The van der Waals surface area contributed by atoms with E-state index in [0.717, 1.165) is 0 Å². The highest BCUT2D eigenvalue weighted by Gasteiger charge is 2.47. The summed E-state index contributed by atoms with van der Waals surface area (Å²) in [4.78, 5) is 8.28. The average Bonchev–Trinajstić information content (AvgIpc) is 2.91. The van der Waals surface area contributed by atoms with Crippen LogP contribution in [0.5, 0.6) is 17.5 Å². The Labute approximate surface area is 153 Å². The number of rotatable bonds is 3. The van der Waals surface area contributed by atoms with Gasteiger partial charge in [-0.1, -0.05) is 23.7 Å². The summed E-state index contributed by atoms with van der Waals surface area (Å²) >= 11 is 5.91. The number of nitrogens with two attached hydrogens (primary N) is 2. The molecule has 2 atom stereocenters. The van der Waals surface area contributed by atoms with Gasteiger partial charge >= 0.3 is 0 Å². The van der Waals surface area contributed by atoms with Gasteiger partial charge in [-0.25, -0.2) is 14.4 Å². The molecule has 6 nitrogen and oxygen atoms in total. The average molecular weight is 373 g/mol. The predicted molar refractivity (Wildman–Crippen MR) is 93.5 cm³/mol. The van der Waals surface area contributed by atoms with Crippen LogP contribution in [-0.2, 0) is 5.54 Å². The van der Waals surface area contributed by atoms with Gasteiger partial charge in [0.15, 0.2) is 12.0 Å². The van der Waals surface area contributed by atoms with E-state index < -0.39 is 17.6 Å². The Kier molecular flexibility index (Phi) is 3.99. The molecule has 4 N–H and O–H groups in total. The number of pyridine rings is 2. The van der Waals surface area contributed by atoms with E-state index >= 15 is 0 Å². The molecule has 0 bridgehead atoms. The van der Waals surface area contributed by atoms with Crippen LogP contribution in [0.15, 0.2) is 54.9 Å². The molecule has 26 heavy (non-hydrogen) atoms. The van der Waals surface area contributed by atoms with Crippen LogP contribution < -0.4 is 20.9 Å². The zero-order valence-electron chi connectivity index (χ0n) is 13.4. The molecule has 1 aromatic carbocycles. The Morgan fingerprint density at radius 1 is 1.15 bits per heavy atom. The van der Waals surface area contributed by atoms with Gasteiger partial charge in [0.25, 0.3) is 5.88 Å². The van der Waals surface area contributed by atoms with Crippen molar-refractivity contribution in [2.75, 3.05) is 0 Å². The summed E-state index contributed by atoms with van der Waals surface area (Å²) in [6.07, 6.45) is 2.19. The molecule has 132 valence electrons. The lowest BCUT2D eigenvalue weighted by Crippen LogP contribution is -2.52. The smallest absolute Gasteiger partial charge is 0.264 e. The van der Waals surface area contributed by atoms with E-state index in [2.05, 4.69) is 9.97 Å². The van der Waals surface area contributed by atoms with Crippen LogP contribution in [0.4, 0.5) is 4.39 Å². The maximum Gasteiger partial charge on any atom is 0.264 e. The molecule has 2 aromatic heterocycles. The highest BCUT2D eigenvalue weighted by molar-refractivity contribution is 6.30. The number of benzene rings is 1. The minimum absolute atomic E-state index is 0.0491. The van der Waals surface area contributed by atoms with Gasteiger partial charge in [0, 0.05) is 24.0 Å². The zero-order chi connectivity index (χ0) is 18.3. The minimum atomic E-state index is -1.24. The Morgan fingerprint density at radius 3 is 2.73 bits per heavy atom. The third kappa shape index (κ3) is 2.57. The highest BCUT2D eigenvalue weighted by atomic mass is 35.5. The van der Waals surface area contributed by atoms with E-state index in [0.29, 0.717) is 22.8 Å². The monoisotopic (exact) mass is 372 g/mol. The molecule has 0 aliphatic carbocycles. The Hall–Kier alpha value is -2.74. The molecular formula is C18H14ClFN4O2. The first-order valence-corrected chi connectivity index (χ1v) is 8.13. The highest BCUT2D eigenvalue weighted by Crippen LogP contribution is 2.47. The van der Waals surface area contributed by atoms with Gasteiger partial charge in [0.1, 0.15) is 11.4 Å². The van der Waals surface area contributed by atoms with E-state index in [-0.39, 0.29) is 10.9 Å². The maximum absolute atomic E-state index is 13.5. The first-order chi connectivity index (χ1) is 12.5. The van der Waals surface area contributed by atoms with Crippen molar-refractivity contribution in [1.82, 2.24) is 9.97 Å². The van der Waals surface area contributed by atoms with Crippen molar-refractivity contribution in [3.05, 3.63) is 76.8 Å². The molecule has 1 aliphatic rings. The summed E-state index contributed by atoms with van der Waals surface area (Å²) in [7, 11) is 0. The number of halogens is 2. The summed E-state index contributed by atoms with van der Waals surface area (Å²) in [5.41, 5.74) is 12.6. The number of hydrogen-bond acceptors (Lipinski definition) is 6. The molecule has 0 radical (unpaired) electrons. The van der Waals surface area contributed by atoms with Crippen LogP contribution in [-0.4, -0.2) is 16.2 Å². The topological polar surface area (TPSA) is 96.3 Å². The summed E-state index contributed by atoms with van der Waals surface area (Å²) in [6, 6.07) is 11.1. The van der Waals surface area contributed by atoms with E-state index in [4.69, 9.17) is 32.5 Å². The van der Waals surface area contributed by atoms with Crippen molar-refractivity contribution < 1.29 is 13.9 Å². The van der Waals surface area contributed by atoms with Crippen molar-refractivity contribution in [1.29, 1.82) is 0 Å². The van der Waals surface area contributed by atoms with Crippen molar-refractivity contribution in [3.8, 4) is 17.5 Å². The second-order valence-corrected chi connectivity index (χ2v) is 6.21. The quantitative estimate of drug-likeness (QED) is 0.733. The summed E-state index contributed by atoms with van der Waals surface area (Å²) in [6.45, 7) is 0. The molecule has 3 aromatic rings. The van der Waals surface area contributed by atoms with E-state index in [1.54, 1.807) is 30.5 Å². The summed E-state index contributed by atoms with van der Waals surface area (Å²) in [5, 5.41) is -0.0491. The second-order valence-electron chi connectivity index (χ2n) is 5.80. The van der Waals surface area contributed by atoms with Crippen LogP contribution >= 0.6 is 11.6 Å². The SMILES string of the molecule is NC1Oc2c(ccnc2Oc2ccccn2)C1(N)c1ccc(F)c(Cl)c1. The first kappa shape index (κ1) is 16.7. The first-order valence-electron chi connectivity index (χ1n) is 7.75. The van der Waals surface area contributed by atoms with Crippen LogP contribution in [0.3, 0.4) is 0 Å². The Morgan fingerprint density at radius 2 is 2.00 bits per heavy atom. The van der Waals surface area contributed by atoms with Crippen molar-refractivity contribution in [2.24, 2.45) is 11.5 Å². The fraction of sp³-hybridized carbons (Fsp3) is 0.111. The number of fused-ring (bicyclic) bond motifs is 1. The molecule has 0 spiro atoms. The molecular weight excluding hydrogens is 359 g/mol. The molecule has 1 aliphatic heterocycles. The van der Waals surface area contributed by atoms with E-state index in [1.807, 2.05) is 0 Å². The van der Waals surface area contributed by atoms with Crippen molar-refractivity contribution in [2.45, 2.75) is 11.8 Å². The van der Waals surface area contributed by atoms with Gasteiger partial charge in [0.2, 0.25) is 5.88 Å². The lowest BCUT2D eigenvalue weighted by atomic mass is 9.84. The minimum Gasteiger partial charge on any atom is -0.467 e. The number of hydrogen-bond donors (Lipinski definition) is 2. The third-order valence-electron chi connectivity index (χ3n) is 4.25. The van der Waals surface area contributed by atoms with Crippen LogP contribution in [0.2, 0.25) is 5.02 Å². The fourth-order valence-electron chi connectivity index (χ4n) is 2.89. The van der Waals surface area contributed by atoms with Gasteiger partial charge in [-0.3, -0.25) is 5.73 Å². The van der Waals surface area contributed by atoms with Gasteiger partial charge in [-0.05, 0) is 29.8 Å². The molecule has 0 fully saturated rings. The number of nitrogens with zero attached hydrogens (tertiary/aromatic N) is 2. The van der Waals surface area contributed by atoms with Gasteiger partial charge in [-0.15, -0.1) is 0 Å². The fourth-order valence-corrected chi connectivity index (χ4v) is 3.07. The Balaban J connectivity index is 1.80. The van der Waals surface area contributed by atoms with Crippen LogP contribution in [0.1, 0.15) is 11.1 Å². The lowest BCUT2D eigenvalue weighted by molar-refractivity contribution is 0.173. The lowest BCUT2D eigenvalue weighted by Gasteiger charge is -2.28. The normalized spacial score (nSPS) is 21.2. The molecule has 2 unspecified atom stereocenters. The van der Waals surface area contributed by atoms with Gasteiger partial charge in [-0.2, -0.15) is 0 Å². The number of ether oxygens (including phenoxy) is 2. The van der Waals surface area contributed by atoms with Crippen molar-refractivity contribution >= 4 is 11.6 Å². The molecule has 0 saturated carbocycles. The summed E-state index contributed by atoms with van der Waals surface area (Å²) < 4.78 is 25.0. The molecule has 0 saturated heterocycles. The molecule has 0 amide bonds. The predicted octanol–water partition coefficient (Wildman–Crippen LogP) is 2.94. The standard InChI is InChI=1S/C18H14ClFN4O2/c19-12-9-10(4-5-13(12)20)18(22)11-6-8-24-16(15(11)26-17(18)21)25-14-3-1-2-7-23-14/h1-9,17H,21-22H2. The van der Waals surface area contributed by atoms with E-state index in [9.17, 15) is 4.39 Å². The van der Waals surface area contributed by atoms with Crippen molar-refractivity contribution in [3.63, 3.8) is 0 Å². The maximum atomic E-state index is 13.5. The largest absolute Gasteiger partial charge is 0.467 e. The van der Waals surface area contributed by atoms with Crippen LogP contribution in [0.25, 0.3) is 0 Å². The summed E-state index contributed by atoms with van der Waals surface area (Å²) in [5.74, 6) is 0.316.